The van der Waals surface area contributed by atoms with Crippen LogP contribution in [0.4, 0.5) is 5.69 Å². The maximum absolute atomic E-state index is 13.7. The summed E-state index contributed by atoms with van der Waals surface area (Å²) < 4.78 is 5.23. The van der Waals surface area contributed by atoms with Gasteiger partial charge < -0.3 is 24.8 Å². The number of rotatable bonds is 8. The molecule has 202 valence electrons. The number of carbonyl (C=O) groups is 4. The Balaban J connectivity index is 1.50. The molecule has 2 fully saturated rings. The van der Waals surface area contributed by atoms with Gasteiger partial charge in [-0.05, 0) is 61.2 Å². The summed E-state index contributed by atoms with van der Waals surface area (Å²) in [5, 5.41) is 2.91. The molecule has 4 rings (SSSR count). The first-order valence-electron chi connectivity index (χ1n) is 13.0. The summed E-state index contributed by atoms with van der Waals surface area (Å²) in [5.74, 6) is -0.335. The first-order valence-corrected chi connectivity index (χ1v) is 13.0. The van der Waals surface area contributed by atoms with Crippen molar-refractivity contribution in [2.45, 2.75) is 44.8 Å². The van der Waals surface area contributed by atoms with Crippen LogP contribution in [0, 0.1) is 5.92 Å². The van der Waals surface area contributed by atoms with Gasteiger partial charge in [0, 0.05) is 37.5 Å². The quantitative estimate of drug-likeness (QED) is 0.575. The van der Waals surface area contributed by atoms with E-state index in [0.717, 1.165) is 5.69 Å². The van der Waals surface area contributed by atoms with Gasteiger partial charge in [-0.3, -0.25) is 19.2 Å². The molecule has 3 atom stereocenters. The van der Waals surface area contributed by atoms with Gasteiger partial charge >= 0.3 is 0 Å². The zero-order chi connectivity index (χ0) is 27.6. The lowest BCUT2D eigenvalue weighted by Gasteiger charge is -2.29. The summed E-state index contributed by atoms with van der Waals surface area (Å²) in [5.41, 5.74) is 1.86. The van der Waals surface area contributed by atoms with Crippen LogP contribution in [-0.2, 0) is 9.59 Å². The number of anilines is 1. The molecule has 0 aliphatic carbocycles. The standard InChI is InChI=1S/C29H36N4O5/c1-18(2)15-23(30-27(35)19-9-11-21(12-10-19)31(3)4)29(37)32-14-13-24-26(32)25(34)17-33(24)28(36)20-7-6-8-22(16-20)38-5/h6-12,16,18,23-24,26H,13-15,17H2,1-5H3,(H,30,35)/t23-,24+,26?/m0/s1. The van der Waals surface area contributed by atoms with Crippen molar-refractivity contribution < 1.29 is 23.9 Å². The highest BCUT2D eigenvalue weighted by Crippen LogP contribution is 2.32. The molecule has 0 spiro atoms. The fourth-order valence-electron chi connectivity index (χ4n) is 5.31. The van der Waals surface area contributed by atoms with E-state index in [-0.39, 0.29) is 42.0 Å². The third-order valence-corrected chi connectivity index (χ3v) is 7.24. The molecule has 2 aromatic rings. The molecule has 2 aliphatic heterocycles. The topological polar surface area (TPSA) is 99.3 Å². The van der Waals surface area contributed by atoms with Crippen LogP contribution in [0.1, 0.15) is 47.4 Å². The molecule has 2 aromatic carbocycles. The second-order valence-corrected chi connectivity index (χ2v) is 10.6. The second kappa shape index (κ2) is 11.2. The molecule has 2 saturated heterocycles. The van der Waals surface area contributed by atoms with Crippen LogP contribution in [-0.4, -0.2) is 85.7 Å². The summed E-state index contributed by atoms with van der Waals surface area (Å²) in [6, 6.07) is 12.1. The highest BCUT2D eigenvalue weighted by molar-refractivity contribution is 6.03. The Morgan fingerprint density at radius 3 is 2.39 bits per heavy atom. The number of benzene rings is 2. The molecular formula is C29H36N4O5. The lowest BCUT2D eigenvalue weighted by molar-refractivity contribution is -0.138. The van der Waals surface area contributed by atoms with E-state index in [0.29, 0.717) is 36.3 Å². The largest absolute Gasteiger partial charge is 0.497 e. The number of amides is 3. The van der Waals surface area contributed by atoms with E-state index < -0.39 is 12.1 Å². The van der Waals surface area contributed by atoms with Gasteiger partial charge in [0.1, 0.15) is 17.8 Å². The molecule has 3 amide bonds. The Kier molecular flexibility index (Phi) is 8.04. The molecule has 0 aromatic heterocycles. The molecular weight excluding hydrogens is 484 g/mol. The molecule has 0 radical (unpaired) electrons. The number of Topliss-reactive ketones (excluding diaryl/α,β-unsaturated/α-hetero) is 1. The first kappa shape index (κ1) is 27.2. The minimum atomic E-state index is -0.772. The summed E-state index contributed by atoms with van der Waals surface area (Å²) in [6.45, 7) is 4.28. The Hall–Kier alpha value is -3.88. The lowest BCUT2D eigenvalue weighted by atomic mass is 10.0. The van der Waals surface area contributed by atoms with Crippen molar-refractivity contribution in [3.8, 4) is 5.75 Å². The maximum Gasteiger partial charge on any atom is 0.254 e. The molecule has 1 unspecified atom stereocenters. The Morgan fingerprint density at radius 1 is 1.05 bits per heavy atom. The first-order chi connectivity index (χ1) is 18.1. The van der Waals surface area contributed by atoms with E-state index in [1.54, 1.807) is 46.2 Å². The third kappa shape index (κ3) is 5.51. The van der Waals surface area contributed by atoms with Crippen molar-refractivity contribution in [1.82, 2.24) is 15.1 Å². The highest BCUT2D eigenvalue weighted by Gasteiger charge is 2.52. The van der Waals surface area contributed by atoms with Crippen LogP contribution in [0.2, 0.25) is 0 Å². The molecule has 0 bridgehead atoms. The number of fused-ring (bicyclic) bond motifs is 1. The normalized spacial score (nSPS) is 19.4. The summed E-state index contributed by atoms with van der Waals surface area (Å²) in [6.07, 6.45) is 0.946. The average Bonchev–Trinajstić information content (AvgIpc) is 3.48. The van der Waals surface area contributed by atoms with E-state index in [1.807, 2.05) is 45.0 Å². The zero-order valence-electron chi connectivity index (χ0n) is 22.6. The number of carbonyl (C=O) groups excluding carboxylic acids is 4. The molecule has 2 heterocycles. The number of hydrogen-bond donors (Lipinski definition) is 1. The number of nitrogens with zero attached hydrogens (tertiary/aromatic N) is 3. The highest BCUT2D eigenvalue weighted by atomic mass is 16.5. The Morgan fingerprint density at radius 2 is 1.76 bits per heavy atom. The third-order valence-electron chi connectivity index (χ3n) is 7.24. The smallest absolute Gasteiger partial charge is 0.254 e. The molecule has 9 heteroatoms. The lowest BCUT2D eigenvalue weighted by Crippen LogP contribution is -2.53. The average molecular weight is 521 g/mol. The molecule has 1 N–H and O–H groups in total. The summed E-state index contributed by atoms with van der Waals surface area (Å²) in [4.78, 5) is 58.3. The van der Waals surface area contributed by atoms with Crippen molar-refractivity contribution >= 4 is 29.2 Å². The number of ether oxygens (including phenoxy) is 1. The SMILES string of the molecule is COc1cccc(C(=O)N2CC(=O)C3[C@H]2CCN3C(=O)[C@H](CC(C)C)NC(=O)c2ccc(N(C)C)cc2)c1. The molecule has 9 nitrogen and oxygen atoms in total. The second-order valence-electron chi connectivity index (χ2n) is 10.6. The number of nitrogens with one attached hydrogen (secondary N) is 1. The number of likely N-dealkylation sites (tertiary alicyclic amines) is 2. The van der Waals surface area contributed by atoms with Crippen LogP contribution in [0.25, 0.3) is 0 Å². The Bertz CT molecular complexity index is 1210. The molecule has 0 saturated carbocycles. The minimum absolute atomic E-state index is 0.0470. The predicted molar refractivity (Wildman–Crippen MR) is 144 cm³/mol. The van der Waals surface area contributed by atoms with Gasteiger partial charge in [0.25, 0.3) is 11.8 Å². The Labute approximate surface area is 223 Å². The zero-order valence-corrected chi connectivity index (χ0v) is 22.6. The van der Waals surface area contributed by atoms with Gasteiger partial charge in [-0.25, -0.2) is 0 Å². The van der Waals surface area contributed by atoms with E-state index in [2.05, 4.69) is 5.32 Å². The van der Waals surface area contributed by atoms with Gasteiger partial charge in [0.05, 0.1) is 19.7 Å². The van der Waals surface area contributed by atoms with Crippen LogP contribution in [0.5, 0.6) is 5.75 Å². The fourth-order valence-corrected chi connectivity index (χ4v) is 5.31. The fraction of sp³-hybridized carbons (Fsp3) is 0.448. The van der Waals surface area contributed by atoms with Crippen LogP contribution in [0.15, 0.2) is 48.5 Å². The number of hydrogen-bond acceptors (Lipinski definition) is 6. The number of methoxy groups -OCH3 is 1. The van der Waals surface area contributed by atoms with Gasteiger partial charge in [-0.1, -0.05) is 19.9 Å². The van der Waals surface area contributed by atoms with E-state index in [4.69, 9.17) is 4.74 Å². The predicted octanol–water partition coefficient (Wildman–Crippen LogP) is 2.60. The monoisotopic (exact) mass is 520 g/mol. The number of ketones is 1. The van der Waals surface area contributed by atoms with Crippen LogP contribution in [0.3, 0.4) is 0 Å². The van der Waals surface area contributed by atoms with Gasteiger partial charge in [0.15, 0.2) is 5.78 Å². The van der Waals surface area contributed by atoms with E-state index >= 15 is 0 Å². The van der Waals surface area contributed by atoms with Crippen LogP contribution >= 0.6 is 0 Å². The van der Waals surface area contributed by atoms with Crippen molar-refractivity contribution in [1.29, 1.82) is 0 Å². The van der Waals surface area contributed by atoms with Crippen LogP contribution < -0.4 is 15.0 Å². The maximum atomic E-state index is 13.7. The van der Waals surface area contributed by atoms with Gasteiger partial charge in [-0.15, -0.1) is 0 Å². The molecule has 2 aliphatic rings. The minimum Gasteiger partial charge on any atom is -0.497 e. The van der Waals surface area contributed by atoms with Crippen molar-refractivity contribution in [3.05, 3.63) is 59.7 Å². The summed E-state index contributed by atoms with van der Waals surface area (Å²) >= 11 is 0. The van der Waals surface area contributed by atoms with E-state index in [1.165, 1.54) is 7.11 Å². The molecule has 38 heavy (non-hydrogen) atoms. The van der Waals surface area contributed by atoms with Gasteiger partial charge in [-0.2, -0.15) is 0 Å². The van der Waals surface area contributed by atoms with Crippen molar-refractivity contribution in [3.63, 3.8) is 0 Å². The van der Waals surface area contributed by atoms with Gasteiger partial charge in [0.2, 0.25) is 5.91 Å². The van der Waals surface area contributed by atoms with Crippen molar-refractivity contribution in [2.75, 3.05) is 39.2 Å². The summed E-state index contributed by atoms with van der Waals surface area (Å²) in [7, 11) is 5.38. The van der Waals surface area contributed by atoms with E-state index in [9.17, 15) is 19.2 Å². The van der Waals surface area contributed by atoms with Crippen molar-refractivity contribution in [2.24, 2.45) is 5.92 Å².